The molecule has 10 atom stereocenters. The number of carboxylic acids is 1. The summed E-state index contributed by atoms with van der Waals surface area (Å²) in [6.07, 6.45) is 9.20. The lowest BCUT2D eigenvalue weighted by Crippen LogP contribution is -2.59. The maximum Gasteiger partial charge on any atom is 0.303 e. The Bertz CT molecular complexity index is 605. The summed E-state index contributed by atoms with van der Waals surface area (Å²) in [6.45, 7) is 7.06. The number of aliphatic carboxylic acids is 1. The second-order valence-electron chi connectivity index (χ2n) is 11.4. The van der Waals surface area contributed by atoms with Gasteiger partial charge in [0.05, 0.1) is 12.2 Å². The van der Waals surface area contributed by atoms with E-state index in [1.807, 2.05) is 0 Å². The summed E-state index contributed by atoms with van der Waals surface area (Å²) in [4.78, 5) is 11.1. The number of aliphatic hydroxyl groups excluding tert-OH is 2. The van der Waals surface area contributed by atoms with E-state index in [0.717, 1.165) is 32.1 Å². The molecule has 4 fully saturated rings. The third-order valence-electron chi connectivity index (χ3n) is 10.1. The Kier molecular flexibility index (Phi) is 5.36. The first-order chi connectivity index (χ1) is 13.2. The zero-order chi connectivity index (χ0) is 20.3. The van der Waals surface area contributed by atoms with Crippen LogP contribution in [0.25, 0.3) is 0 Å². The van der Waals surface area contributed by atoms with Crippen molar-refractivity contribution in [3.05, 3.63) is 0 Å². The topological polar surface area (TPSA) is 77.8 Å². The van der Waals surface area contributed by atoms with E-state index in [2.05, 4.69) is 20.8 Å². The van der Waals surface area contributed by atoms with Gasteiger partial charge in [0.1, 0.15) is 0 Å². The Labute approximate surface area is 170 Å². The van der Waals surface area contributed by atoms with Crippen molar-refractivity contribution < 1.29 is 20.1 Å². The quantitative estimate of drug-likeness (QED) is 0.659. The van der Waals surface area contributed by atoms with Crippen LogP contribution in [0.4, 0.5) is 0 Å². The minimum Gasteiger partial charge on any atom is -0.481 e. The predicted molar refractivity (Wildman–Crippen MR) is 109 cm³/mol. The highest BCUT2D eigenvalue weighted by Gasteiger charge is 2.63. The molecule has 0 radical (unpaired) electrons. The number of carboxylic acid groups (broad SMARTS) is 1. The molecule has 4 aliphatic carbocycles. The van der Waals surface area contributed by atoms with Crippen molar-refractivity contribution in [1.82, 2.24) is 0 Å². The van der Waals surface area contributed by atoms with Gasteiger partial charge in [0.15, 0.2) is 0 Å². The minimum absolute atomic E-state index is 0.147. The fourth-order valence-electron chi connectivity index (χ4n) is 8.89. The molecule has 0 spiro atoms. The molecule has 4 aliphatic rings. The van der Waals surface area contributed by atoms with Gasteiger partial charge in [-0.15, -0.1) is 0 Å². The molecule has 0 bridgehead atoms. The van der Waals surface area contributed by atoms with Crippen molar-refractivity contribution in [1.29, 1.82) is 0 Å². The van der Waals surface area contributed by atoms with Crippen molar-refractivity contribution in [3.8, 4) is 0 Å². The third kappa shape index (κ3) is 3.14. The van der Waals surface area contributed by atoms with Crippen LogP contribution in [0.15, 0.2) is 0 Å². The van der Waals surface area contributed by atoms with Gasteiger partial charge in [-0.3, -0.25) is 4.79 Å². The SMILES string of the molecule is C[C@H](CCC(=O)O)C1CCC2C3CCC4C[C@H](O)CCC4(C)C3C(O)CC21C. The van der Waals surface area contributed by atoms with Crippen LogP contribution >= 0.6 is 0 Å². The van der Waals surface area contributed by atoms with Gasteiger partial charge in [0.25, 0.3) is 0 Å². The van der Waals surface area contributed by atoms with Crippen molar-refractivity contribution >= 4 is 5.97 Å². The average molecular weight is 393 g/mol. The largest absolute Gasteiger partial charge is 0.481 e. The first-order valence-corrected chi connectivity index (χ1v) is 11.7. The highest BCUT2D eigenvalue weighted by Crippen LogP contribution is 2.68. The zero-order valence-electron chi connectivity index (χ0n) is 17.9. The number of hydrogen-bond donors (Lipinski definition) is 3. The molecule has 8 unspecified atom stereocenters. The van der Waals surface area contributed by atoms with E-state index < -0.39 is 5.97 Å². The van der Waals surface area contributed by atoms with Gasteiger partial charge in [0, 0.05) is 6.42 Å². The smallest absolute Gasteiger partial charge is 0.303 e. The van der Waals surface area contributed by atoms with Gasteiger partial charge in [-0.05, 0) is 104 Å². The second kappa shape index (κ2) is 7.27. The van der Waals surface area contributed by atoms with Gasteiger partial charge in [-0.2, -0.15) is 0 Å². The monoisotopic (exact) mass is 392 g/mol. The molecule has 0 aromatic carbocycles. The van der Waals surface area contributed by atoms with Crippen LogP contribution in [0.5, 0.6) is 0 Å². The zero-order valence-corrected chi connectivity index (χ0v) is 17.9. The van der Waals surface area contributed by atoms with Crippen LogP contribution in [0.3, 0.4) is 0 Å². The Morgan fingerprint density at radius 2 is 1.82 bits per heavy atom. The summed E-state index contributed by atoms with van der Waals surface area (Å²) < 4.78 is 0. The van der Waals surface area contributed by atoms with E-state index in [4.69, 9.17) is 5.11 Å². The van der Waals surface area contributed by atoms with Gasteiger partial charge in [0.2, 0.25) is 0 Å². The lowest BCUT2D eigenvalue weighted by molar-refractivity contribution is -0.179. The van der Waals surface area contributed by atoms with E-state index >= 15 is 0 Å². The van der Waals surface area contributed by atoms with Crippen LogP contribution in [0.2, 0.25) is 0 Å². The van der Waals surface area contributed by atoms with Crippen LogP contribution in [-0.4, -0.2) is 33.5 Å². The molecule has 160 valence electrons. The molecule has 4 nitrogen and oxygen atoms in total. The summed E-state index contributed by atoms with van der Waals surface area (Å²) in [5.74, 6) is 2.46. The van der Waals surface area contributed by atoms with Crippen LogP contribution in [0, 0.1) is 46.3 Å². The molecule has 4 saturated carbocycles. The molecular weight excluding hydrogens is 352 g/mol. The Balaban J connectivity index is 1.56. The first kappa shape index (κ1) is 20.7. The van der Waals surface area contributed by atoms with E-state index in [0.29, 0.717) is 35.5 Å². The fourth-order valence-corrected chi connectivity index (χ4v) is 8.89. The lowest BCUT2D eigenvalue weighted by atomic mass is 9.43. The first-order valence-electron chi connectivity index (χ1n) is 11.7. The van der Waals surface area contributed by atoms with Crippen molar-refractivity contribution in [2.45, 2.75) is 97.2 Å². The van der Waals surface area contributed by atoms with E-state index in [1.54, 1.807) is 0 Å². The third-order valence-corrected chi connectivity index (χ3v) is 10.1. The van der Waals surface area contributed by atoms with Gasteiger partial charge < -0.3 is 15.3 Å². The molecule has 4 heteroatoms. The van der Waals surface area contributed by atoms with E-state index in [-0.39, 0.29) is 29.5 Å². The number of fused-ring (bicyclic) bond motifs is 5. The summed E-state index contributed by atoms with van der Waals surface area (Å²) >= 11 is 0. The normalized spacial score (nSPS) is 51.7. The molecule has 0 saturated heterocycles. The summed E-state index contributed by atoms with van der Waals surface area (Å²) in [5.41, 5.74) is 0.325. The second-order valence-corrected chi connectivity index (χ2v) is 11.4. The molecule has 0 aliphatic heterocycles. The van der Waals surface area contributed by atoms with Crippen LogP contribution < -0.4 is 0 Å². The number of carbonyl (C=O) groups is 1. The number of rotatable bonds is 4. The van der Waals surface area contributed by atoms with E-state index in [1.165, 1.54) is 25.7 Å². The Morgan fingerprint density at radius 1 is 1.07 bits per heavy atom. The maximum atomic E-state index is 11.4. The maximum absolute atomic E-state index is 11.4. The van der Waals surface area contributed by atoms with Crippen molar-refractivity contribution in [3.63, 3.8) is 0 Å². The van der Waals surface area contributed by atoms with Crippen molar-refractivity contribution in [2.75, 3.05) is 0 Å². The lowest BCUT2D eigenvalue weighted by Gasteiger charge is -2.62. The molecule has 0 amide bonds. The highest BCUT2D eigenvalue weighted by molar-refractivity contribution is 5.66. The molecular formula is C24H40O4. The number of hydrogen-bond acceptors (Lipinski definition) is 3. The minimum atomic E-state index is -0.693. The molecule has 0 aromatic rings. The fraction of sp³-hybridized carbons (Fsp3) is 0.958. The van der Waals surface area contributed by atoms with Crippen LogP contribution in [-0.2, 0) is 4.79 Å². The highest BCUT2D eigenvalue weighted by atomic mass is 16.4. The van der Waals surface area contributed by atoms with Crippen LogP contribution in [0.1, 0.15) is 85.0 Å². The molecule has 0 aromatic heterocycles. The molecule has 4 rings (SSSR count). The summed E-state index contributed by atoms with van der Waals surface area (Å²) in [5, 5.41) is 30.7. The number of aliphatic hydroxyl groups is 2. The Morgan fingerprint density at radius 3 is 2.54 bits per heavy atom. The molecule has 28 heavy (non-hydrogen) atoms. The molecule has 3 N–H and O–H groups in total. The standard InChI is InChI=1S/C24H40O4/c1-14(4-9-21(27)28)18-7-8-19-17-6-5-15-12-16(25)10-11-23(15,2)22(17)20(26)13-24(18,19)3/h14-20,22,25-26H,4-13H2,1-3H3,(H,27,28)/t14-,15?,16-,17?,18?,19?,20?,22?,23?,24?/m1/s1. The van der Waals surface area contributed by atoms with Gasteiger partial charge >= 0.3 is 5.97 Å². The predicted octanol–water partition coefficient (Wildman–Crippen LogP) is 4.48. The summed E-state index contributed by atoms with van der Waals surface area (Å²) in [7, 11) is 0. The van der Waals surface area contributed by atoms with Gasteiger partial charge in [-0.1, -0.05) is 20.8 Å². The molecule has 0 heterocycles. The average Bonchev–Trinajstić information content (AvgIpc) is 2.96. The van der Waals surface area contributed by atoms with Crippen molar-refractivity contribution in [2.24, 2.45) is 46.3 Å². The van der Waals surface area contributed by atoms with E-state index in [9.17, 15) is 15.0 Å². The summed E-state index contributed by atoms with van der Waals surface area (Å²) in [6, 6.07) is 0. The van der Waals surface area contributed by atoms with Gasteiger partial charge in [-0.25, -0.2) is 0 Å². The Hall–Kier alpha value is -0.610.